The van der Waals surface area contributed by atoms with E-state index in [9.17, 15) is 0 Å². The molecule has 1 aromatic rings. The molecule has 0 aliphatic rings. The van der Waals surface area contributed by atoms with E-state index >= 15 is 0 Å². The van der Waals surface area contributed by atoms with E-state index in [2.05, 4.69) is 6.92 Å². The summed E-state index contributed by atoms with van der Waals surface area (Å²) in [5, 5.41) is 14.2. The van der Waals surface area contributed by atoms with Crippen LogP contribution in [0, 0.1) is 10.8 Å². The minimum absolute atomic E-state index is 0.856. The van der Waals surface area contributed by atoms with Crippen molar-refractivity contribution in [1.29, 1.82) is 10.8 Å². The Kier molecular flexibility index (Phi) is 3.85. The van der Waals surface area contributed by atoms with Crippen LogP contribution in [0.15, 0.2) is 24.3 Å². The number of hydrogen-bond acceptors (Lipinski definition) is 2. The molecule has 0 spiro atoms. The molecule has 0 bridgehead atoms. The van der Waals surface area contributed by atoms with Gasteiger partial charge < -0.3 is 0 Å². The van der Waals surface area contributed by atoms with Crippen LogP contribution in [0.3, 0.4) is 0 Å². The zero-order valence-corrected chi connectivity index (χ0v) is 8.33. The number of benzene rings is 1. The van der Waals surface area contributed by atoms with Crippen molar-refractivity contribution < 1.29 is 0 Å². The predicted octanol–water partition coefficient (Wildman–Crippen LogP) is 2.66. The van der Waals surface area contributed by atoms with E-state index in [1.54, 1.807) is 0 Å². The van der Waals surface area contributed by atoms with Gasteiger partial charge in [0.1, 0.15) is 0 Å². The van der Waals surface area contributed by atoms with Gasteiger partial charge in [0.2, 0.25) is 0 Å². The summed E-state index contributed by atoms with van der Waals surface area (Å²) in [4.78, 5) is 1.45. The predicted molar refractivity (Wildman–Crippen MR) is 60.5 cm³/mol. The quantitative estimate of drug-likeness (QED) is 0.543. The highest BCUT2D eigenvalue weighted by Crippen LogP contribution is 2.13. The smallest absolute Gasteiger partial charge is 0.0915 e. The second kappa shape index (κ2) is 5.17. The Bertz CT molecular complexity index is 295. The van der Waals surface area contributed by atoms with Crippen molar-refractivity contribution in [3.8, 4) is 0 Å². The molecule has 1 rings (SSSR count). The van der Waals surface area contributed by atoms with E-state index in [1.807, 2.05) is 24.3 Å². The van der Waals surface area contributed by atoms with Crippen LogP contribution in [-0.4, -0.2) is 12.7 Å². The molecule has 3 nitrogen and oxygen atoms in total. The van der Waals surface area contributed by atoms with Crippen molar-refractivity contribution in [2.45, 2.75) is 19.8 Å². The van der Waals surface area contributed by atoms with Crippen LogP contribution in [0.1, 0.15) is 18.9 Å². The molecule has 74 valence electrons. The molecule has 14 heavy (non-hydrogen) atoms. The Morgan fingerprint density at radius 1 is 1.14 bits per heavy atom. The van der Waals surface area contributed by atoms with E-state index in [-0.39, 0.29) is 0 Å². The van der Waals surface area contributed by atoms with Gasteiger partial charge in [-0.1, -0.05) is 25.5 Å². The lowest BCUT2D eigenvalue weighted by Crippen LogP contribution is -2.17. The first-order valence-corrected chi connectivity index (χ1v) is 4.70. The molecule has 0 aliphatic carbocycles. The van der Waals surface area contributed by atoms with E-state index in [4.69, 9.17) is 10.8 Å². The van der Waals surface area contributed by atoms with Gasteiger partial charge in [-0.3, -0.25) is 15.7 Å². The van der Waals surface area contributed by atoms with Crippen molar-refractivity contribution >= 4 is 18.4 Å². The molecule has 0 heterocycles. The largest absolute Gasteiger partial charge is 0.292 e. The summed E-state index contributed by atoms with van der Waals surface area (Å²) in [6, 6.07) is 7.94. The Morgan fingerprint density at radius 2 is 1.71 bits per heavy atom. The highest BCUT2D eigenvalue weighted by atomic mass is 15.1. The molecule has 0 atom stereocenters. The lowest BCUT2D eigenvalue weighted by Gasteiger charge is -2.12. The third kappa shape index (κ3) is 2.42. The molecule has 0 aromatic heterocycles. The summed E-state index contributed by atoms with van der Waals surface area (Å²) < 4.78 is 0. The van der Waals surface area contributed by atoms with Crippen molar-refractivity contribution in [2.24, 2.45) is 0 Å². The fourth-order valence-electron chi connectivity index (χ4n) is 1.31. The normalized spacial score (nSPS) is 9.50. The monoisotopic (exact) mass is 189 g/mol. The summed E-state index contributed by atoms with van der Waals surface area (Å²) in [6.07, 6.45) is 4.47. The minimum atomic E-state index is 0.856. The number of hydrogen-bond donors (Lipinski definition) is 2. The number of aryl methyl sites for hydroxylation is 1. The molecular formula is C11H15N3. The average molecular weight is 189 g/mol. The third-order valence-electron chi connectivity index (χ3n) is 2.05. The van der Waals surface area contributed by atoms with E-state index in [1.165, 1.54) is 10.5 Å². The highest BCUT2D eigenvalue weighted by Gasteiger charge is 1.98. The van der Waals surface area contributed by atoms with Crippen molar-refractivity contribution in [1.82, 2.24) is 0 Å². The van der Waals surface area contributed by atoms with Crippen molar-refractivity contribution in [3.63, 3.8) is 0 Å². The zero-order chi connectivity index (χ0) is 10.4. The average Bonchev–Trinajstić information content (AvgIpc) is 2.23. The maximum Gasteiger partial charge on any atom is 0.0915 e. The molecule has 3 heteroatoms. The zero-order valence-electron chi connectivity index (χ0n) is 8.33. The Hall–Kier alpha value is -1.64. The van der Waals surface area contributed by atoms with Crippen LogP contribution in [0.2, 0.25) is 0 Å². The SMILES string of the molecule is CCCc1ccc(N(C=N)C=N)cc1. The minimum Gasteiger partial charge on any atom is -0.292 e. The van der Waals surface area contributed by atoms with Crippen molar-refractivity contribution in [3.05, 3.63) is 29.8 Å². The van der Waals surface area contributed by atoms with Crippen LogP contribution >= 0.6 is 0 Å². The summed E-state index contributed by atoms with van der Waals surface area (Å²) in [5.41, 5.74) is 2.15. The van der Waals surface area contributed by atoms with Crippen LogP contribution < -0.4 is 4.90 Å². The molecular weight excluding hydrogens is 174 g/mol. The van der Waals surface area contributed by atoms with Crippen LogP contribution in [0.5, 0.6) is 0 Å². The summed E-state index contributed by atoms with van der Waals surface area (Å²) in [6.45, 7) is 2.15. The topological polar surface area (TPSA) is 50.9 Å². The number of nitrogens with zero attached hydrogens (tertiary/aromatic N) is 1. The van der Waals surface area contributed by atoms with Crippen LogP contribution in [0.4, 0.5) is 5.69 Å². The van der Waals surface area contributed by atoms with Gasteiger partial charge in [0, 0.05) is 5.69 Å². The van der Waals surface area contributed by atoms with Gasteiger partial charge in [0.15, 0.2) is 0 Å². The van der Waals surface area contributed by atoms with E-state index < -0.39 is 0 Å². The fraction of sp³-hybridized carbons (Fsp3) is 0.273. The summed E-state index contributed by atoms with van der Waals surface area (Å²) >= 11 is 0. The van der Waals surface area contributed by atoms with Crippen LogP contribution in [0.25, 0.3) is 0 Å². The maximum absolute atomic E-state index is 7.08. The first-order valence-electron chi connectivity index (χ1n) is 4.70. The molecule has 0 fully saturated rings. The van der Waals surface area contributed by atoms with E-state index in [0.717, 1.165) is 31.2 Å². The number of rotatable bonds is 5. The molecule has 0 radical (unpaired) electrons. The second-order valence-electron chi connectivity index (χ2n) is 3.08. The molecule has 0 saturated carbocycles. The molecule has 1 aromatic carbocycles. The van der Waals surface area contributed by atoms with Gasteiger partial charge in [0.05, 0.1) is 12.7 Å². The standard InChI is InChI=1S/C11H15N3/c1-2-3-10-4-6-11(7-5-10)14(8-12)9-13/h4-9,12-13H,2-3H2,1H3. The van der Waals surface area contributed by atoms with Gasteiger partial charge in [-0.05, 0) is 24.1 Å². The molecule has 0 amide bonds. The fourth-order valence-corrected chi connectivity index (χ4v) is 1.31. The molecule has 2 N–H and O–H groups in total. The van der Waals surface area contributed by atoms with E-state index in [0.29, 0.717) is 0 Å². The maximum atomic E-state index is 7.08. The second-order valence-corrected chi connectivity index (χ2v) is 3.08. The highest BCUT2D eigenvalue weighted by molar-refractivity contribution is 5.97. The summed E-state index contributed by atoms with van der Waals surface area (Å²) in [5.74, 6) is 0. The first kappa shape index (κ1) is 10.4. The molecule has 0 unspecified atom stereocenters. The van der Waals surface area contributed by atoms with Gasteiger partial charge in [0.25, 0.3) is 0 Å². The Morgan fingerprint density at radius 3 is 2.14 bits per heavy atom. The van der Waals surface area contributed by atoms with Gasteiger partial charge in [-0.15, -0.1) is 0 Å². The summed E-state index contributed by atoms with van der Waals surface area (Å²) in [7, 11) is 0. The lowest BCUT2D eigenvalue weighted by molar-refractivity contribution is 0.922. The third-order valence-corrected chi connectivity index (χ3v) is 2.05. The Balaban J connectivity index is 2.81. The van der Waals surface area contributed by atoms with Crippen molar-refractivity contribution in [2.75, 3.05) is 4.90 Å². The number of nitrogens with one attached hydrogen (secondary N) is 2. The number of anilines is 1. The lowest BCUT2D eigenvalue weighted by atomic mass is 10.1. The van der Waals surface area contributed by atoms with Crippen LogP contribution in [-0.2, 0) is 6.42 Å². The van der Waals surface area contributed by atoms with Gasteiger partial charge in [-0.2, -0.15) is 0 Å². The first-order chi connectivity index (χ1) is 6.81. The van der Waals surface area contributed by atoms with Gasteiger partial charge >= 0.3 is 0 Å². The molecule has 0 aliphatic heterocycles. The molecule has 0 saturated heterocycles. The Labute approximate surface area is 84.4 Å². The van der Waals surface area contributed by atoms with Gasteiger partial charge in [-0.25, -0.2) is 0 Å².